The summed E-state index contributed by atoms with van der Waals surface area (Å²) in [7, 11) is 0. The Bertz CT molecular complexity index is 468. The predicted molar refractivity (Wildman–Crippen MR) is 61.3 cm³/mol. The maximum absolute atomic E-state index is 11.1. The van der Waals surface area contributed by atoms with E-state index in [1.807, 2.05) is 0 Å². The van der Waals surface area contributed by atoms with Crippen molar-refractivity contribution in [3.05, 3.63) is 17.7 Å². The molecule has 0 aliphatic carbocycles. The van der Waals surface area contributed by atoms with Crippen molar-refractivity contribution in [1.82, 2.24) is 0 Å². The summed E-state index contributed by atoms with van der Waals surface area (Å²) in [5, 5.41) is 18.5. The number of carboxylic acids is 1. The molecule has 6 nitrogen and oxygen atoms in total. The Labute approximate surface area is 104 Å². The number of carboxylic acid groups (broad SMARTS) is 1. The smallest absolute Gasteiger partial charge is 0.339 e. The molecule has 2 atom stereocenters. The van der Waals surface area contributed by atoms with Gasteiger partial charge in [0.05, 0.1) is 6.10 Å². The van der Waals surface area contributed by atoms with Gasteiger partial charge >= 0.3 is 5.97 Å². The normalized spacial score (nSPS) is 16.2. The molecule has 2 rings (SSSR count). The maximum Gasteiger partial charge on any atom is 0.339 e. The number of ether oxygens (including phenoxy) is 3. The highest BCUT2D eigenvalue weighted by molar-refractivity contribution is 5.92. The summed E-state index contributed by atoms with van der Waals surface area (Å²) >= 11 is 0. The van der Waals surface area contributed by atoms with Crippen LogP contribution in [0.1, 0.15) is 24.2 Å². The Balaban J connectivity index is 2.35. The predicted octanol–water partition coefficient (Wildman–Crippen LogP) is 1.26. The minimum absolute atomic E-state index is 0.0215. The number of fused-ring (bicyclic) bond motifs is 1. The highest BCUT2D eigenvalue weighted by Crippen LogP contribution is 2.38. The van der Waals surface area contributed by atoms with E-state index in [1.165, 1.54) is 12.1 Å². The van der Waals surface area contributed by atoms with E-state index in [2.05, 4.69) is 0 Å². The number of aliphatic hydroxyl groups is 1. The van der Waals surface area contributed by atoms with Crippen LogP contribution in [-0.4, -0.2) is 35.2 Å². The molecule has 1 aliphatic heterocycles. The first-order valence-corrected chi connectivity index (χ1v) is 5.50. The summed E-state index contributed by atoms with van der Waals surface area (Å²) in [6, 6.07) is 2.82. The average molecular weight is 254 g/mol. The van der Waals surface area contributed by atoms with Crippen molar-refractivity contribution in [2.45, 2.75) is 26.1 Å². The summed E-state index contributed by atoms with van der Waals surface area (Å²) in [6.45, 7) is 3.28. The molecule has 0 bridgehead atoms. The quantitative estimate of drug-likeness (QED) is 0.841. The molecule has 18 heavy (non-hydrogen) atoms. The molecule has 98 valence electrons. The zero-order valence-electron chi connectivity index (χ0n) is 10.0. The molecule has 1 aliphatic rings. The fourth-order valence-electron chi connectivity index (χ4n) is 1.49. The van der Waals surface area contributed by atoms with Gasteiger partial charge < -0.3 is 24.4 Å². The van der Waals surface area contributed by atoms with Crippen molar-refractivity contribution in [3.63, 3.8) is 0 Å². The van der Waals surface area contributed by atoms with Crippen molar-refractivity contribution >= 4 is 5.97 Å². The van der Waals surface area contributed by atoms with Gasteiger partial charge in [0.1, 0.15) is 17.4 Å². The minimum atomic E-state index is -1.12. The molecule has 0 fully saturated rings. The second kappa shape index (κ2) is 4.73. The van der Waals surface area contributed by atoms with Gasteiger partial charge in [0.15, 0.2) is 11.5 Å². The molecule has 0 amide bonds. The number of rotatable bonds is 4. The van der Waals surface area contributed by atoms with Crippen LogP contribution in [0, 0.1) is 0 Å². The van der Waals surface area contributed by atoms with E-state index in [-0.39, 0.29) is 18.1 Å². The van der Waals surface area contributed by atoms with E-state index in [0.717, 1.165) is 0 Å². The van der Waals surface area contributed by atoms with Gasteiger partial charge in [0.25, 0.3) is 0 Å². The first kappa shape index (κ1) is 12.5. The van der Waals surface area contributed by atoms with E-state index < -0.39 is 18.2 Å². The molecule has 2 unspecified atom stereocenters. The molecule has 0 saturated carbocycles. The Hall–Kier alpha value is -1.95. The Kier molecular flexibility index (Phi) is 3.29. The molecule has 1 aromatic rings. The molecular weight excluding hydrogens is 240 g/mol. The standard InChI is InChI=1S/C12H14O6/c1-6(13)7(2)18-9-4-11-10(16-5-17-11)3-8(9)12(14)15/h3-4,6-7,13H,5H2,1-2H3,(H,14,15). The van der Waals surface area contributed by atoms with Crippen LogP contribution in [0.15, 0.2) is 12.1 Å². The van der Waals surface area contributed by atoms with Gasteiger partial charge in [0, 0.05) is 12.1 Å². The van der Waals surface area contributed by atoms with E-state index in [1.54, 1.807) is 13.8 Å². The van der Waals surface area contributed by atoms with Crippen LogP contribution in [0.25, 0.3) is 0 Å². The van der Waals surface area contributed by atoms with Crippen LogP contribution in [0.4, 0.5) is 0 Å². The van der Waals surface area contributed by atoms with Crippen LogP contribution >= 0.6 is 0 Å². The summed E-state index contributed by atoms with van der Waals surface area (Å²) in [4.78, 5) is 11.1. The van der Waals surface area contributed by atoms with Gasteiger partial charge in [-0.2, -0.15) is 0 Å². The molecule has 0 radical (unpaired) electrons. The molecule has 1 heterocycles. The molecule has 6 heteroatoms. The Morgan fingerprint density at radius 1 is 1.33 bits per heavy atom. The second-order valence-electron chi connectivity index (χ2n) is 4.07. The van der Waals surface area contributed by atoms with Gasteiger partial charge in [-0.1, -0.05) is 0 Å². The van der Waals surface area contributed by atoms with Crippen LogP contribution in [0.2, 0.25) is 0 Å². The molecule has 1 aromatic carbocycles. The summed E-state index contributed by atoms with van der Waals surface area (Å²) in [5.74, 6) is -0.154. The van der Waals surface area contributed by atoms with Gasteiger partial charge in [-0.15, -0.1) is 0 Å². The molecule has 2 N–H and O–H groups in total. The van der Waals surface area contributed by atoms with E-state index in [0.29, 0.717) is 11.5 Å². The topological polar surface area (TPSA) is 85.2 Å². The highest BCUT2D eigenvalue weighted by atomic mass is 16.7. The lowest BCUT2D eigenvalue weighted by molar-refractivity contribution is 0.0559. The first-order valence-electron chi connectivity index (χ1n) is 5.50. The van der Waals surface area contributed by atoms with Gasteiger partial charge in [0.2, 0.25) is 6.79 Å². The van der Waals surface area contributed by atoms with Crippen molar-refractivity contribution < 1.29 is 29.2 Å². The summed E-state index contributed by atoms with van der Waals surface area (Å²) < 4.78 is 15.7. The molecule has 0 saturated heterocycles. The van der Waals surface area contributed by atoms with Crippen molar-refractivity contribution in [2.75, 3.05) is 6.79 Å². The molecule has 0 aromatic heterocycles. The minimum Gasteiger partial charge on any atom is -0.487 e. The zero-order valence-corrected chi connectivity index (χ0v) is 10.0. The third-order valence-corrected chi connectivity index (χ3v) is 2.70. The number of aliphatic hydroxyl groups excluding tert-OH is 1. The second-order valence-corrected chi connectivity index (χ2v) is 4.07. The van der Waals surface area contributed by atoms with Gasteiger partial charge in [-0.25, -0.2) is 4.79 Å². The van der Waals surface area contributed by atoms with Gasteiger partial charge in [-0.05, 0) is 13.8 Å². The maximum atomic E-state index is 11.1. The highest BCUT2D eigenvalue weighted by Gasteiger charge is 2.23. The number of aromatic carboxylic acids is 1. The van der Waals surface area contributed by atoms with Crippen LogP contribution in [0.3, 0.4) is 0 Å². The van der Waals surface area contributed by atoms with E-state index >= 15 is 0 Å². The van der Waals surface area contributed by atoms with Crippen molar-refractivity contribution in [1.29, 1.82) is 0 Å². The lowest BCUT2D eigenvalue weighted by Gasteiger charge is -2.18. The monoisotopic (exact) mass is 254 g/mol. The molecular formula is C12H14O6. The summed E-state index contributed by atoms with van der Waals surface area (Å²) in [6.07, 6.45) is -1.24. The van der Waals surface area contributed by atoms with Crippen molar-refractivity contribution in [2.24, 2.45) is 0 Å². The third-order valence-electron chi connectivity index (χ3n) is 2.70. The van der Waals surface area contributed by atoms with Crippen LogP contribution < -0.4 is 14.2 Å². The molecule has 0 spiro atoms. The van der Waals surface area contributed by atoms with E-state index in [4.69, 9.17) is 19.3 Å². The van der Waals surface area contributed by atoms with Gasteiger partial charge in [-0.3, -0.25) is 0 Å². The van der Waals surface area contributed by atoms with Crippen molar-refractivity contribution in [3.8, 4) is 17.2 Å². The fraction of sp³-hybridized carbons (Fsp3) is 0.417. The zero-order chi connectivity index (χ0) is 13.3. The Morgan fingerprint density at radius 3 is 2.50 bits per heavy atom. The summed E-state index contributed by atoms with van der Waals surface area (Å²) in [5.41, 5.74) is -0.0215. The third kappa shape index (κ3) is 2.33. The lowest BCUT2D eigenvalue weighted by atomic mass is 10.1. The van der Waals surface area contributed by atoms with Crippen LogP contribution in [0.5, 0.6) is 17.2 Å². The SMILES string of the molecule is CC(O)C(C)Oc1cc2c(cc1C(=O)O)OCO2. The largest absolute Gasteiger partial charge is 0.487 e. The fourth-order valence-corrected chi connectivity index (χ4v) is 1.49. The average Bonchev–Trinajstić information content (AvgIpc) is 2.74. The van der Waals surface area contributed by atoms with Crippen LogP contribution in [-0.2, 0) is 0 Å². The first-order chi connectivity index (χ1) is 8.49. The number of hydrogen-bond donors (Lipinski definition) is 2. The number of benzene rings is 1. The number of hydrogen-bond acceptors (Lipinski definition) is 5. The van der Waals surface area contributed by atoms with E-state index in [9.17, 15) is 9.90 Å². The Morgan fingerprint density at radius 2 is 1.94 bits per heavy atom. The number of carbonyl (C=O) groups is 1. The lowest BCUT2D eigenvalue weighted by Crippen LogP contribution is -2.26.